The fraction of sp³-hybridized carbons (Fsp3) is 0.238. The molecule has 148 valence electrons. The van der Waals surface area contributed by atoms with Gasteiger partial charge in [0.05, 0.1) is 23.9 Å². The summed E-state index contributed by atoms with van der Waals surface area (Å²) in [5.41, 5.74) is 1.43. The molecule has 0 aromatic heterocycles. The Hall–Kier alpha value is -3.68. The Kier molecular flexibility index (Phi) is 4.75. The molecule has 2 aromatic rings. The van der Waals surface area contributed by atoms with Crippen molar-refractivity contribution in [3.05, 3.63) is 65.2 Å². The van der Waals surface area contributed by atoms with Crippen LogP contribution in [-0.4, -0.2) is 41.8 Å². The summed E-state index contributed by atoms with van der Waals surface area (Å²) in [5, 5.41) is 2.70. The van der Waals surface area contributed by atoms with Crippen LogP contribution in [0, 0.1) is 0 Å². The van der Waals surface area contributed by atoms with Crippen LogP contribution in [0.2, 0.25) is 0 Å². The molecular formula is C21H18N2O6. The van der Waals surface area contributed by atoms with Crippen molar-refractivity contribution < 1.29 is 28.7 Å². The summed E-state index contributed by atoms with van der Waals surface area (Å²) in [6.45, 7) is 0. The number of ether oxygens (including phenoxy) is 2. The number of para-hydroxylation sites is 1. The van der Waals surface area contributed by atoms with Crippen LogP contribution >= 0.6 is 0 Å². The van der Waals surface area contributed by atoms with E-state index in [9.17, 15) is 19.2 Å². The molecule has 0 spiro atoms. The van der Waals surface area contributed by atoms with E-state index in [4.69, 9.17) is 9.47 Å². The zero-order valence-electron chi connectivity index (χ0n) is 15.6. The number of rotatable bonds is 4. The first-order valence-corrected chi connectivity index (χ1v) is 9.10. The van der Waals surface area contributed by atoms with Crippen molar-refractivity contribution in [1.82, 2.24) is 4.90 Å². The molecule has 2 aliphatic heterocycles. The van der Waals surface area contributed by atoms with Gasteiger partial charge in [-0.25, -0.2) is 9.59 Å². The summed E-state index contributed by atoms with van der Waals surface area (Å²) in [6.07, 6.45) is -0.505. The van der Waals surface area contributed by atoms with Gasteiger partial charge < -0.3 is 14.8 Å². The highest BCUT2D eigenvalue weighted by atomic mass is 16.6. The average Bonchev–Trinajstić information content (AvgIpc) is 3.28. The number of amides is 2. The maximum Gasteiger partial charge on any atom is 0.340 e. The molecule has 8 nitrogen and oxygen atoms in total. The number of esters is 2. The number of carbonyl (C=O) groups excluding carboxylic acids is 4. The molecule has 29 heavy (non-hydrogen) atoms. The van der Waals surface area contributed by atoms with E-state index in [0.717, 1.165) is 0 Å². The monoisotopic (exact) mass is 394 g/mol. The number of carbonyl (C=O) groups is 4. The molecule has 1 saturated heterocycles. The van der Waals surface area contributed by atoms with E-state index in [0.29, 0.717) is 11.1 Å². The van der Waals surface area contributed by atoms with Crippen LogP contribution in [0.5, 0.6) is 0 Å². The maximum absolute atomic E-state index is 13.0. The molecule has 0 unspecified atom stereocenters. The zero-order chi connectivity index (χ0) is 20.5. The largest absolute Gasteiger partial charge is 0.465 e. The summed E-state index contributed by atoms with van der Waals surface area (Å²) in [7, 11) is 1.25. The van der Waals surface area contributed by atoms with Crippen molar-refractivity contribution in [2.24, 2.45) is 0 Å². The number of methoxy groups -OCH3 is 1. The predicted octanol–water partition coefficient (Wildman–Crippen LogP) is 2.27. The van der Waals surface area contributed by atoms with E-state index in [-0.39, 0.29) is 30.0 Å². The number of fused-ring (bicyclic) bond motifs is 1. The van der Waals surface area contributed by atoms with Crippen molar-refractivity contribution in [2.75, 3.05) is 12.4 Å². The van der Waals surface area contributed by atoms with E-state index in [2.05, 4.69) is 5.32 Å². The number of cyclic esters (lactones) is 1. The Morgan fingerprint density at radius 2 is 1.83 bits per heavy atom. The van der Waals surface area contributed by atoms with Gasteiger partial charge in [0.2, 0.25) is 18.0 Å². The van der Waals surface area contributed by atoms with Crippen LogP contribution in [0.15, 0.2) is 48.5 Å². The molecule has 4 rings (SSSR count). The van der Waals surface area contributed by atoms with Crippen LogP contribution < -0.4 is 5.32 Å². The SMILES string of the molecule is COC(=O)c1ccccc1NC(=O)[C@H]1CCC(=O)N1[C@@H]1OC(=O)c2ccccc21. The van der Waals surface area contributed by atoms with Gasteiger partial charge in [-0.1, -0.05) is 30.3 Å². The van der Waals surface area contributed by atoms with Crippen molar-refractivity contribution in [3.63, 3.8) is 0 Å². The maximum atomic E-state index is 13.0. The number of nitrogens with one attached hydrogen (secondary N) is 1. The first-order valence-electron chi connectivity index (χ1n) is 9.10. The molecule has 0 radical (unpaired) electrons. The van der Waals surface area contributed by atoms with Crippen LogP contribution in [0.3, 0.4) is 0 Å². The van der Waals surface area contributed by atoms with Crippen molar-refractivity contribution in [2.45, 2.75) is 25.1 Å². The Bertz CT molecular complexity index is 1020. The molecule has 0 bridgehead atoms. The fourth-order valence-electron chi connectivity index (χ4n) is 3.68. The van der Waals surface area contributed by atoms with Crippen molar-refractivity contribution in [1.29, 1.82) is 0 Å². The van der Waals surface area contributed by atoms with Gasteiger partial charge in [0, 0.05) is 12.0 Å². The molecule has 0 saturated carbocycles. The molecule has 1 fully saturated rings. The van der Waals surface area contributed by atoms with Crippen LogP contribution in [-0.2, 0) is 19.1 Å². The lowest BCUT2D eigenvalue weighted by Crippen LogP contribution is -2.44. The molecule has 2 aromatic carbocycles. The summed E-state index contributed by atoms with van der Waals surface area (Å²) in [5.74, 6) is -1.85. The standard InChI is InChI=1S/C21H18N2O6/c1-28-20(26)14-8-4-5-9-15(14)22-18(25)16-10-11-17(24)23(16)19-12-6-2-3-7-13(12)21(27)29-19/h2-9,16,19H,10-11H2,1H3,(H,22,25)/t16-,19-/m1/s1. The zero-order valence-corrected chi connectivity index (χ0v) is 15.6. The number of hydrogen-bond donors (Lipinski definition) is 1. The fourth-order valence-corrected chi connectivity index (χ4v) is 3.68. The molecule has 2 aliphatic rings. The quantitative estimate of drug-likeness (QED) is 0.799. The molecule has 0 aliphatic carbocycles. The first-order chi connectivity index (χ1) is 14.0. The number of nitrogens with zero attached hydrogens (tertiary/aromatic N) is 1. The number of anilines is 1. The second-order valence-corrected chi connectivity index (χ2v) is 6.73. The Balaban J connectivity index is 1.61. The molecule has 2 amide bonds. The third kappa shape index (κ3) is 3.22. The molecule has 2 atom stereocenters. The average molecular weight is 394 g/mol. The molecule has 1 N–H and O–H groups in total. The summed E-state index contributed by atoms with van der Waals surface area (Å²) < 4.78 is 10.2. The van der Waals surface area contributed by atoms with Crippen molar-refractivity contribution >= 4 is 29.4 Å². The third-order valence-electron chi connectivity index (χ3n) is 5.07. The summed E-state index contributed by atoms with van der Waals surface area (Å²) >= 11 is 0. The minimum absolute atomic E-state index is 0.160. The minimum Gasteiger partial charge on any atom is -0.465 e. The van der Waals surface area contributed by atoms with Gasteiger partial charge in [0.25, 0.3) is 0 Å². The van der Waals surface area contributed by atoms with Gasteiger partial charge in [-0.15, -0.1) is 0 Å². The Labute approximate surface area is 166 Å². The lowest BCUT2D eigenvalue weighted by Gasteiger charge is -2.29. The molecular weight excluding hydrogens is 376 g/mol. The van der Waals surface area contributed by atoms with Gasteiger partial charge in [-0.05, 0) is 24.6 Å². The lowest BCUT2D eigenvalue weighted by atomic mass is 10.1. The van der Waals surface area contributed by atoms with Crippen LogP contribution in [0.25, 0.3) is 0 Å². The van der Waals surface area contributed by atoms with E-state index >= 15 is 0 Å². The van der Waals surface area contributed by atoms with Gasteiger partial charge in [-0.3, -0.25) is 14.5 Å². The van der Waals surface area contributed by atoms with Crippen LogP contribution in [0.1, 0.15) is 45.3 Å². The highest BCUT2D eigenvalue weighted by molar-refractivity contribution is 6.04. The first kappa shape index (κ1) is 18.7. The Morgan fingerprint density at radius 1 is 1.10 bits per heavy atom. The smallest absolute Gasteiger partial charge is 0.340 e. The highest BCUT2D eigenvalue weighted by Crippen LogP contribution is 2.38. The Morgan fingerprint density at radius 3 is 2.62 bits per heavy atom. The van der Waals surface area contributed by atoms with Crippen molar-refractivity contribution in [3.8, 4) is 0 Å². The normalized spacial score (nSPS) is 20.2. The van der Waals surface area contributed by atoms with Gasteiger partial charge in [-0.2, -0.15) is 0 Å². The van der Waals surface area contributed by atoms with E-state index < -0.39 is 30.1 Å². The second-order valence-electron chi connectivity index (χ2n) is 6.73. The summed E-state index contributed by atoms with van der Waals surface area (Å²) in [4.78, 5) is 50.9. The predicted molar refractivity (Wildman–Crippen MR) is 101 cm³/mol. The molecule has 2 heterocycles. The van der Waals surface area contributed by atoms with E-state index in [1.54, 1.807) is 42.5 Å². The number of hydrogen-bond acceptors (Lipinski definition) is 6. The minimum atomic E-state index is -0.944. The number of likely N-dealkylation sites (tertiary alicyclic amines) is 1. The molecule has 8 heteroatoms. The topological polar surface area (TPSA) is 102 Å². The number of benzene rings is 2. The summed E-state index contributed by atoms with van der Waals surface area (Å²) in [6, 6.07) is 12.4. The van der Waals surface area contributed by atoms with Gasteiger partial charge in [0.15, 0.2) is 0 Å². The second kappa shape index (κ2) is 7.38. The van der Waals surface area contributed by atoms with Gasteiger partial charge >= 0.3 is 11.9 Å². The lowest BCUT2D eigenvalue weighted by molar-refractivity contribution is -0.144. The van der Waals surface area contributed by atoms with E-state index in [1.807, 2.05) is 0 Å². The van der Waals surface area contributed by atoms with Crippen LogP contribution in [0.4, 0.5) is 5.69 Å². The third-order valence-corrected chi connectivity index (χ3v) is 5.07. The van der Waals surface area contributed by atoms with Gasteiger partial charge in [0.1, 0.15) is 6.04 Å². The highest BCUT2D eigenvalue weighted by Gasteiger charge is 2.46. The van der Waals surface area contributed by atoms with E-state index in [1.165, 1.54) is 18.1 Å².